The zero-order valence-electron chi connectivity index (χ0n) is 11.2. The van der Waals surface area contributed by atoms with Crippen LogP contribution < -0.4 is 9.47 Å². The molecule has 2 aliphatic rings. The highest BCUT2D eigenvalue weighted by Crippen LogP contribution is 2.37. The number of carbonyl (C=O) groups excluding carboxylic acids is 3. The molecule has 0 spiro atoms. The number of fused-ring (bicyclic) bond motifs is 1. The second-order valence-electron chi connectivity index (χ2n) is 5.16. The molecule has 1 heterocycles. The fraction of sp³-hybridized carbons (Fsp3) is 0.400. The molecule has 1 aliphatic carbocycles. The highest BCUT2D eigenvalue weighted by atomic mass is 35.5. The predicted molar refractivity (Wildman–Crippen MR) is 73.6 cm³/mol. The third-order valence-corrected chi connectivity index (χ3v) is 4.07. The fourth-order valence-electron chi connectivity index (χ4n) is 2.65. The van der Waals surface area contributed by atoms with Crippen molar-refractivity contribution in [1.82, 2.24) is 0 Å². The summed E-state index contributed by atoms with van der Waals surface area (Å²) < 4.78 is 10.4. The van der Waals surface area contributed by atoms with Crippen molar-refractivity contribution >= 4 is 29.0 Å². The molecule has 1 saturated carbocycles. The number of benzene rings is 1. The highest BCUT2D eigenvalue weighted by Gasteiger charge is 2.36. The molecular weight excluding hydrogens is 296 g/mol. The molecule has 0 bridgehead atoms. The number of rotatable bonds is 3. The Balaban J connectivity index is 1.81. The summed E-state index contributed by atoms with van der Waals surface area (Å²) in [6, 6.07) is 3.21. The summed E-state index contributed by atoms with van der Waals surface area (Å²) in [5, 5.41) is 0.364. The zero-order chi connectivity index (χ0) is 15.0. The van der Waals surface area contributed by atoms with Gasteiger partial charge in [0.15, 0.2) is 28.8 Å². The molecule has 1 aromatic carbocycles. The van der Waals surface area contributed by atoms with E-state index in [1.54, 1.807) is 12.1 Å². The maximum absolute atomic E-state index is 12.3. The predicted octanol–water partition coefficient (Wildman–Crippen LogP) is 2.12. The molecule has 0 aromatic heterocycles. The molecule has 0 saturated heterocycles. The van der Waals surface area contributed by atoms with Gasteiger partial charge in [0.1, 0.15) is 5.92 Å². The molecule has 0 N–H and O–H groups in total. The number of hydrogen-bond donors (Lipinski definition) is 0. The van der Waals surface area contributed by atoms with E-state index in [1.807, 2.05) is 0 Å². The Morgan fingerprint density at radius 3 is 2.43 bits per heavy atom. The standard InChI is InChI=1S/C15H13ClO5/c16-9-6-14-13(20-7-21-14)5-8(9)4-12(19)15-10(17)2-1-3-11(15)18/h5-6,15H,1-4,7H2. The van der Waals surface area contributed by atoms with E-state index >= 15 is 0 Å². The van der Waals surface area contributed by atoms with Crippen molar-refractivity contribution in [2.24, 2.45) is 5.92 Å². The van der Waals surface area contributed by atoms with Gasteiger partial charge in [-0.15, -0.1) is 0 Å². The van der Waals surface area contributed by atoms with Crippen molar-refractivity contribution in [3.63, 3.8) is 0 Å². The molecule has 6 heteroatoms. The van der Waals surface area contributed by atoms with Crippen molar-refractivity contribution in [2.75, 3.05) is 6.79 Å². The molecule has 110 valence electrons. The first-order valence-corrected chi connectivity index (χ1v) is 7.10. The van der Waals surface area contributed by atoms with Gasteiger partial charge in [-0.1, -0.05) is 11.6 Å². The Labute approximate surface area is 126 Å². The van der Waals surface area contributed by atoms with Crippen LogP contribution >= 0.6 is 11.6 Å². The number of halogens is 1. The van der Waals surface area contributed by atoms with E-state index in [-0.39, 0.29) is 37.6 Å². The van der Waals surface area contributed by atoms with Gasteiger partial charge in [0, 0.05) is 30.4 Å². The first-order chi connectivity index (χ1) is 10.1. The van der Waals surface area contributed by atoms with Crippen LogP contribution in [0.5, 0.6) is 11.5 Å². The van der Waals surface area contributed by atoms with Crippen LogP contribution in [0.3, 0.4) is 0 Å². The Morgan fingerprint density at radius 2 is 1.76 bits per heavy atom. The smallest absolute Gasteiger partial charge is 0.231 e. The van der Waals surface area contributed by atoms with Gasteiger partial charge in [0.2, 0.25) is 6.79 Å². The van der Waals surface area contributed by atoms with Crippen LogP contribution in [0.2, 0.25) is 5.02 Å². The van der Waals surface area contributed by atoms with E-state index in [0.717, 1.165) is 0 Å². The third kappa shape index (κ3) is 2.65. The largest absolute Gasteiger partial charge is 0.454 e. The van der Waals surface area contributed by atoms with E-state index in [2.05, 4.69) is 0 Å². The Morgan fingerprint density at radius 1 is 1.14 bits per heavy atom. The molecule has 0 amide bonds. The summed E-state index contributed by atoms with van der Waals surface area (Å²) >= 11 is 6.11. The minimum absolute atomic E-state index is 0.0579. The average molecular weight is 309 g/mol. The summed E-state index contributed by atoms with van der Waals surface area (Å²) in [4.78, 5) is 35.8. The lowest BCUT2D eigenvalue weighted by Gasteiger charge is -2.18. The van der Waals surface area contributed by atoms with Gasteiger partial charge in [-0.3, -0.25) is 14.4 Å². The maximum Gasteiger partial charge on any atom is 0.231 e. The third-order valence-electron chi connectivity index (χ3n) is 3.72. The maximum atomic E-state index is 12.3. The van der Waals surface area contributed by atoms with Crippen molar-refractivity contribution < 1.29 is 23.9 Å². The number of hydrogen-bond acceptors (Lipinski definition) is 5. The van der Waals surface area contributed by atoms with Gasteiger partial charge in [0.05, 0.1) is 0 Å². The second-order valence-corrected chi connectivity index (χ2v) is 5.57. The van der Waals surface area contributed by atoms with E-state index in [1.165, 1.54) is 0 Å². The normalized spacial score (nSPS) is 18.1. The summed E-state index contributed by atoms with van der Waals surface area (Å²) in [5.41, 5.74) is 0.539. The zero-order valence-corrected chi connectivity index (χ0v) is 11.9. The SMILES string of the molecule is O=C1CCCC(=O)C1C(=O)Cc1cc2c(cc1Cl)OCO2. The number of carbonyl (C=O) groups is 3. The van der Waals surface area contributed by atoms with Gasteiger partial charge in [0.25, 0.3) is 0 Å². The molecule has 21 heavy (non-hydrogen) atoms. The molecule has 1 fully saturated rings. The first kappa shape index (κ1) is 14.1. The van der Waals surface area contributed by atoms with Crippen molar-refractivity contribution in [3.8, 4) is 11.5 Å². The first-order valence-electron chi connectivity index (χ1n) is 6.72. The van der Waals surface area contributed by atoms with E-state index < -0.39 is 11.7 Å². The van der Waals surface area contributed by atoms with Gasteiger partial charge in [-0.05, 0) is 18.1 Å². The molecule has 0 atom stereocenters. The number of ketones is 3. The molecule has 5 nitrogen and oxygen atoms in total. The van der Waals surface area contributed by atoms with Crippen LogP contribution in [-0.4, -0.2) is 24.1 Å². The summed E-state index contributed by atoms with van der Waals surface area (Å²) in [7, 11) is 0. The molecule has 1 aromatic rings. The Bertz CT molecular complexity index is 621. The second kappa shape index (κ2) is 5.48. The Hall–Kier alpha value is -1.88. The topological polar surface area (TPSA) is 69.7 Å². The van der Waals surface area contributed by atoms with Crippen molar-refractivity contribution in [2.45, 2.75) is 25.7 Å². The number of Topliss-reactive ketones (excluding diaryl/α,β-unsaturated/α-hetero) is 3. The van der Waals surface area contributed by atoms with E-state index in [0.29, 0.717) is 28.5 Å². The summed E-state index contributed by atoms with van der Waals surface area (Å²) in [6.45, 7) is 0.114. The van der Waals surface area contributed by atoms with Crippen LogP contribution in [-0.2, 0) is 20.8 Å². The van der Waals surface area contributed by atoms with Crippen LogP contribution in [0.4, 0.5) is 0 Å². The molecule has 3 rings (SSSR count). The van der Waals surface area contributed by atoms with E-state index in [9.17, 15) is 14.4 Å². The average Bonchev–Trinajstić information content (AvgIpc) is 2.86. The molecular formula is C15H13ClO5. The van der Waals surface area contributed by atoms with Crippen LogP contribution in [0, 0.1) is 5.92 Å². The molecule has 0 unspecified atom stereocenters. The minimum atomic E-state index is -1.12. The quantitative estimate of drug-likeness (QED) is 0.800. The molecule has 0 radical (unpaired) electrons. The van der Waals surface area contributed by atoms with Gasteiger partial charge in [-0.2, -0.15) is 0 Å². The lowest BCUT2D eigenvalue weighted by molar-refractivity contribution is -0.141. The van der Waals surface area contributed by atoms with Gasteiger partial charge < -0.3 is 9.47 Å². The molecule has 1 aliphatic heterocycles. The monoisotopic (exact) mass is 308 g/mol. The van der Waals surface area contributed by atoms with E-state index in [4.69, 9.17) is 21.1 Å². The van der Waals surface area contributed by atoms with Crippen LogP contribution in [0.1, 0.15) is 24.8 Å². The van der Waals surface area contributed by atoms with Crippen LogP contribution in [0.15, 0.2) is 12.1 Å². The van der Waals surface area contributed by atoms with Crippen molar-refractivity contribution in [3.05, 3.63) is 22.7 Å². The summed E-state index contributed by atoms with van der Waals surface area (Å²) in [5.74, 6) is -1.04. The summed E-state index contributed by atoms with van der Waals surface area (Å²) in [6.07, 6.45) is 1.05. The number of ether oxygens (including phenoxy) is 2. The highest BCUT2D eigenvalue weighted by molar-refractivity contribution is 6.32. The van der Waals surface area contributed by atoms with Crippen molar-refractivity contribution in [1.29, 1.82) is 0 Å². The lowest BCUT2D eigenvalue weighted by Crippen LogP contribution is -2.36. The van der Waals surface area contributed by atoms with Gasteiger partial charge >= 0.3 is 0 Å². The Kier molecular flexibility index (Phi) is 3.68. The fourth-order valence-corrected chi connectivity index (χ4v) is 2.87. The minimum Gasteiger partial charge on any atom is -0.454 e. The van der Waals surface area contributed by atoms with Gasteiger partial charge in [-0.25, -0.2) is 0 Å². The lowest BCUT2D eigenvalue weighted by atomic mass is 9.82. The van der Waals surface area contributed by atoms with Crippen LogP contribution in [0.25, 0.3) is 0 Å².